The minimum atomic E-state index is -1.87. The number of hydrogen-bond acceptors (Lipinski definition) is 8. The molecule has 1 fully saturated rings. The number of carboxylic acid groups (broad SMARTS) is 1. The van der Waals surface area contributed by atoms with Crippen molar-refractivity contribution in [2.45, 2.75) is 37.4 Å². The third kappa shape index (κ3) is 4.78. The molecular formula is C22H23NO9. The van der Waals surface area contributed by atoms with Gasteiger partial charge in [-0.1, -0.05) is 0 Å². The molecule has 0 heterocycles. The van der Waals surface area contributed by atoms with E-state index in [1.165, 1.54) is 31.2 Å². The molecule has 1 saturated carbocycles. The van der Waals surface area contributed by atoms with Gasteiger partial charge in [0.25, 0.3) is 0 Å². The predicted molar refractivity (Wildman–Crippen MR) is 110 cm³/mol. The Balaban J connectivity index is 1.73. The van der Waals surface area contributed by atoms with Gasteiger partial charge in [0.05, 0.1) is 6.10 Å². The molecule has 170 valence electrons. The normalized spacial score (nSPS) is 27.4. The number of carbonyl (C=O) groups is 3. The first-order valence-electron chi connectivity index (χ1n) is 9.74. The van der Waals surface area contributed by atoms with Crippen LogP contribution >= 0.6 is 0 Å². The Bertz CT molecular complexity index is 989. The second kappa shape index (κ2) is 9.45. The van der Waals surface area contributed by atoms with E-state index in [1.807, 2.05) is 0 Å². The molecule has 6 atom stereocenters. The smallest absolute Gasteiger partial charge is 0.312 e. The first-order chi connectivity index (χ1) is 15.1. The lowest BCUT2D eigenvalue weighted by molar-refractivity contribution is -0.206. The Labute approximate surface area is 182 Å². The Hall–Kier alpha value is -3.31. The van der Waals surface area contributed by atoms with Gasteiger partial charge in [0.2, 0.25) is 5.91 Å². The van der Waals surface area contributed by atoms with Crippen LogP contribution in [0.15, 0.2) is 48.5 Å². The lowest BCUT2D eigenvalue weighted by Crippen LogP contribution is -2.64. The van der Waals surface area contributed by atoms with Crippen molar-refractivity contribution in [1.29, 1.82) is 0 Å². The number of aliphatic carboxylic acids is 1. The number of carbonyl (C=O) groups excluding carboxylic acids is 2. The molecule has 2 aromatic rings. The number of ketones is 1. The van der Waals surface area contributed by atoms with E-state index < -0.39 is 42.4 Å². The summed E-state index contributed by atoms with van der Waals surface area (Å²) in [6.45, 7) is 1.37. The zero-order valence-corrected chi connectivity index (χ0v) is 17.0. The van der Waals surface area contributed by atoms with Crippen LogP contribution in [0.5, 0.6) is 5.75 Å². The molecule has 1 aliphatic carbocycles. The van der Waals surface area contributed by atoms with E-state index in [9.17, 15) is 39.9 Å². The highest BCUT2D eigenvalue weighted by Gasteiger charge is 2.53. The maximum Gasteiger partial charge on any atom is 0.312 e. The molecule has 0 radical (unpaired) electrons. The van der Waals surface area contributed by atoms with Gasteiger partial charge in [-0.25, -0.2) is 0 Å². The molecule has 0 bridgehead atoms. The van der Waals surface area contributed by atoms with Crippen molar-refractivity contribution >= 4 is 23.3 Å². The van der Waals surface area contributed by atoms with E-state index in [0.29, 0.717) is 16.8 Å². The van der Waals surface area contributed by atoms with Gasteiger partial charge in [0.15, 0.2) is 11.9 Å². The zero-order chi connectivity index (χ0) is 23.6. The third-order valence-electron chi connectivity index (χ3n) is 5.25. The van der Waals surface area contributed by atoms with E-state index in [2.05, 4.69) is 5.32 Å². The van der Waals surface area contributed by atoms with E-state index in [1.54, 1.807) is 24.3 Å². The highest BCUT2D eigenvalue weighted by atomic mass is 16.5. The number of amides is 1. The molecule has 10 heteroatoms. The number of aliphatic hydroxyl groups is 4. The quantitative estimate of drug-likeness (QED) is 0.329. The lowest BCUT2D eigenvalue weighted by atomic mass is 9.78. The summed E-state index contributed by atoms with van der Waals surface area (Å²) in [5.74, 6) is -3.72. The van der Waals surface area contributed by atoms with Crippen LogP contribution in [0.4, 0.5) is 5.69 Å². The standard InChI is InChI=1S/C22H23NO9/c1-10(24)23-13-6-2-11(3-7-13)16(25)12-4-8-14(9-5-12)32-21-18(27)15(22(30)31)17(26)19(28)20(21)29/h2-9,15,17-21,26-29H,1H3,(H,23,24)(H,30,31)/t15-,17-,18?,19+,20-,21-/m0/s1. The maximum absolute atomic E-state index is 12.6. The van der Waals surface area contributed by atoms with Crippen LogP contribution in [0.1, 0.15) is 22.8 Å². The minimum absolute atomic E-state index is 0.110. The molecule has 0 aromatic heterocycles. The number of rotatable bonds is 6. The molecule has 0 spiro atoms. The number of anilines is 1. The number of hydrogen-bond donors (Lipinski definition) is 6. The van der Waals surface area contributed by atoms with E-state index >= 15 is 0 Å². The molecule has 1 aliphatic rings. The topological polar surface area (TPSA) is 174 Å². The minimum Gasteiger partial charge on any atom is -0.485 e. The van der Waals surface area contributed by atoms with Crippen LogP contribution in [0.3, 0.4) is 0 Å². The van der Waals surface area contributed by atoms with Crippen LogP contribution in [0.25, 0.3) is 0 Å². The van der Waals surface area contributed by atoms with Crippen molar-refractivity contribution in [3.63, 3.8) is 0 Å². The fourth-order valence-electron chi connectivity index (χ4n) is 3.57. The highest BCUT2D eigenvalue weighted by molar-refractivity contribution is 6.09. The number of aliphatic hydroxyl groups excluding tert-OH is 4. The van der Waals surface area contributed by atoms with Crippen molar-refractivity contribution < 1.29 is 44.7 Å². The lowest BCUT2D eigenvalue weighted by Gasteiger charge is -2.42. The summed E-state index contributed by atoms with van der Waals surface area (Å²) in [4.78, 5) is 35.1. The molecule has 10 nitrogen and oxygen atoms in total. The second-order valence-corrected chi connectivity index (χ2v) is 7.52. The summed E-state index contributed by atoms with van der Waals surface area (Å²) in [7, 11) is 0. The molecule has 6 N–H and O–H groups in total. The summed E-state index contributed by atoms with van der Waals surface area (Å²) in [6, 6.07) is 12.0. The van der Waals surface area contributed by atoms with Gasteiger partial charge in [-0.05, 0) is 48.5 Å². The Morgan fingerprint density at radius 1 is 0.781 bits per heavy atom. The molecule has 0 saturated heterocycles. The fraction of sp³-hybridized carbons (Fsp3) is 0.318. The SMILES string of the molecule is CC(=O)Nc1ccc(C(=O)c2ccc(O[C@H]3C(O)[C@@H](C(=O)O)[C@H](O)[C@@H](O)[C@@H]3O)cc2)cc1. The summed E-state index contributed by atoms with van der Waals surface area (Å²) in [5.41, 5.74) is 1.25. The van der Waals surface area contributed by atoms with Crippen molar-refractivity contribution in [2.75, 3.05) is 5.32 Å². The summed E-state index contributed by atoms with van der Waals surface area (Å²) >= 11 is 0. The Morgan fingerprint density at radius 2 is 1.31 bits per heavy atom. The first kappa shape index (κ1) is 23.4. The number of nitrogens with one attached hydrogen (secondary N) is 1. The number of carboxylic acids is 1. The Kier molecular flexibility index (Phi) is 6.90. The predicted octanol–water partition coefficient (Wildman–Crippen LogP) is -0.219. The summed E-state index contributed by atoms with van der Waals surface area (Å²) in [6.07, 6.45) is -8.74. The maximum atomic E-state index is 12.6. The monoisotopic (exact) mass is 445 g/mol. The molecular weight excluding hydrogens is 422 g/mol. The van der Waals surface area contributed by atoms with Crippen LogP contribution in [0.2, 0.25) is 0 Å². The van der Waals surface area contributed by atoms with Crippen molar-refractivity contribution in [2.24, 2.45) is 5.92 Å². The van der Waals surface area contributed by atoms with Gasteiger partial charge in [-0.3, -0.25) is 14.4 Å². The van der Waals surface area contributed by atoms with E-state index in [0.717, 1.165) is 0 Å². The fourth-order valence-corrected chi connectivity index (χ4v) is 3.57. The van der Waals surface area contributed by atoms with Gasteiger partial charge in [-0.15, -0.1) is 0 Å². The number of ether oxygens (including phenoxy) is 1. The number of benzene rings is 2. The zero-order valence-electron chi connectivity index (χ0n) is 17.0. The molecule has 2 aromatic carbocycles. The molecule has 1 amide bonds. The highest BCUT2D eigenvalue weighted by Crippen LogP contribution is 2.30. The van der Waals surface area contributed by atoms with Gasteiger partial charge < -0.3 is 35.6 Å². The molecule has 1 unspecified atom stereocenters. The van der Waals surface area contributed by atoms with Gasteiger partial charge >= 0.3 is 5.97 Å². The van der Waals surface area contributed by atoms with Crippen LogP contribution < -0.4 is 10.1 Å². The van der Waals surface area contributed by atoms with Gasteiger partial charge in [-0.2, -0.15) is 0 Å². The van der Waals surface area contributed by atoms with Crippen molar-refractivity contribution in [3.05, 3.63) is 59.7 Å². The summed E-state index contributed by atoms with van der Waals surface area (Å²) < 4.78 is 5.49. The first-order valence-corrected chi connectivity index (χ1v) is 9.74. The molecule has 32 heavy (non-hydrogen) atoms. The summed E-state index contributed by atoms with van der Waals surface area (Å²) in [5, 5.41) is 52.0. The van der Waals surface area contributed by atoms with E-state index in [4.69, 9.17) is 4.74 Å². The van der Waals surface area contributed by atoms with E-state index in [-0.39, 0.29) is 17.4 Å². The van der Waals surface area contributed by atoms with Crippen molar-refractivity contribution in [3.8, 4) is 5.75 Å². The second-order valence-electron chi connectivity index (χ2n) is 7.52. The van der Waals surface area contributed by atoms with Crippen LogP contribution in [-0.2, 0) is 9.59 Å². The van der Waals surface area contributed by atoms with Crippen LogP contribution in [-0.4, -0.2) is 73.7 Å². The largest absolute Gasteiger partial charge is 0.485 e. The third-order valence-corrected chi connectivity index (χ3v) is 5.25. The molecule has 0 aliphatic heterocycles. The molecule has 3 rings (SSSR count). The van der Waals surface area contributed by atoms with Gasteiger partial charge in [0.1, 0.15) is 30.0 Å². The van der Waals surface area contributed by atoms with Gasteiger partial charge in [0, 0.05) is 23.7 Å². The average Bonchev–Trinajstić information content (AvgIpc) is 2.75. The van der Waals surface area contributed by atoms with Crippen molar-refractivity contribution in [1.82, 2.24) is 0 Å². The van der Waals surface area contributed by atoms with Crippen LogP contribution in [0, 0.1) is 5.92 Å². The Morgan fingerprint density at radius 3 is 1.81 bits per heavy atom. The average molecular weight is 445 g/mol.